The van der Waals surface area contributed by atoms with Crippen molar-refractivity contribution in [3.8, 4) is 0 Å². The van der Waals surface area contributed by atoms with Gasteiger partial charge in [-0.1, -0.05) is 99.7 Å². The molecule has 0 bridgehead atoms. The molecule has 0 aliphatic heterocycles. The molecule has 0 fully saturated rings. The van der Waals surface area contributed by atoms with Crippen LogP contribution in [0.2, 0.25) is 0 Å². The van der Waals surface area contributed by atoms with Crippen LogP contribution in [-0.4, -0.2) is 41.2 Å². The fourth-order valence-electron chi connectivity index (χ4n) is 5.82. The Labute approximate surface area is 258 Å². The molecule has 2 N–H and O–H groups in total. The summed E-state index contributed by atoms with van der Waals surface area (Å²) in [6.45, 7) is 4.01. The Hall–Kier alpha value is -3.17. The van der Waals surface area contributed by atoms with Crippen LogP contribution in [0.4, 0.5) is 0 Å². The van der Waals surface area contributed by atoms with Gasteiger partial charge in [-0.3, -0.25) is 9.59 Å². The molecule has 5 heteroatoms. The molecular weight excluding hydrogens is 551 g/mol. The predicted octanol–water partition coefficient (Wildman–Crippen LogP) is 6.88. The lowest BCUT2D eigenvalue weighted by Crippen LogP contribution is -2.33. The van der Waals surface area contributed by atoms with E-state index in [1.165, 1.54) is 61.1 Å². The fourth-order valence-corrected chi connectivity index (χ4v) is 10.2. The SMILES string of the molecule is C=C(C)C(=O)/C(CO)=C(/CO)C(=O)CCCCCCCCCCC[P+](c1ccccc1)(c1ccccc1)c1ccccc1. The predicted molar refractivity (Wildman–Crippen MR) is 182 cm³/mol. The highest BCUT2D eigenvalue weighted by Gasteiger charge is 2.44. The molecule has 0 amide bonds. The van der Waals surface area contributed by atoms with Gasteiger partial charge in [0.25, 0.3) is 0 Å². The fraction of sp³-hybridized carbons (Fsp3) is 0.368. The van der Waals surface area contributed by atoms with Crippen molar-refractivity contribution in [1.29, 1.82) is 0 Å². The van der Waals surface area contributed by atoms with Crippen LogP contribution in [-0.2, 0) is 9.59 Å². The van der Waals surface area contributed by atoms with Crippen LogP contribution < -0.4 is 15.9 Å². The summed E-state index contributed by atoms with van der Waals surface area (Å²) >= 11 is 0. The van der Waals surface area contributed by atoms with E-state index in [0.29, 0.717) is 6.42 Å². The Balaban J connectivity index is 1.45. The molecule has 0 aliphatic carbocycles. The third-order valence-electron chi connectivity index (χ3n) is 8.17. The van der Waals surface area contributed by atoms with Gasteiger partial charge >= 0.3 is 0 Å². The molecule has 0 atom stereocenters. The zero-order valence-corrected chi connectivity index (χ0v) is 26.6. The van der Waals surface area contributed by atoms with Crippen molar-refractivity contribution in [3.63, 3.8) is 0 Å². The summed E-state index contributed by atoms with van der Waals surface area (Å²) in [6.07, 6.45) is 11.3. The minimum atomic E-state index is -1.75. The number of allylic oxidation sites excluding steroid dienone is 1. The van der Waals surface area contributed by atoms with E-state index in [-0.39, 0.29) is 28.9 Å². The molecule has 3 aromatic carbocycles. The molecule has 0 saturated heterocycles. The highest BCUT2D eigenvalue weighted by atomic mass is 31.2. The third-order valence-corrected chi connectivity index (χ3v) is 12.7. The lowest BCUT2D eigenvalue weighted by atomic mass is 9.95. The topological polar surface area (TPSA) is 74.6 Å². The number of carbonyl (C=O) groups excluding carboxylic acids is 2. The summed E-state index contributed by atoms with van der Waals surface area (Å²) in [7, 11) is -1.75. The molecule has 0 aliphatic rings. The minimum Gasteiger partial charge on any atom is -0.392 e. The quantitative estimate of drug-likeness (QED) is 0.0844. The highest BCUT2D eigenvalue weighted by molar-refractivity contribution is 7.95. The van der Waals surface area contributed by atoms with E-state index in [9.17, 15) is 19.8 Å². The van der Waals surface area contributed by atoms with Gasteiger partial charge in [-0.25, -0.2) is 0 Å². The Bertz CT molecular complexity index is 1220. The Morgan fingerprint density at radius 3 is 1.33 bits per heavy atom. The summed E-state index contributed by atoms with van der Waals surface area (Å²) in [5.74, 6) is -0.728. The number of Topliss-reactive ketones (excluding diaryl/α,β-unsaturated/α-hetero) is 2. The summed E-state index contributed by atoms with van der Waals surface area (Å²) in [6, 6.07) is 33.2. The van der Waals surface area contributed by atoms with E-state index in [1.54, 1.807) is 0 Å². The molecular formula is C38H48O4P+. The number of unbranched alkanes of at least 4 members (excludes halogenated alkanes) is 8. The number of aliphatic hydroxyl groups is 2. The molecule has 0 saturated carbocycles. The van der Waals surface area contributed by atoms with Crippen LogP contribution in [0.3, 0.4) is 0 Å². The standard InChI is InChI=1S/C38H48O4P/c1-31(2)38(42)36(30-40)35(29-39)37(41)27-19-8-6-4-3-5-7-9-20-28-43(32-21-13-10-14-22-32,33-23-15-11-16-24-33)34-25-17-12-18-26-34/h10-18,21-26,39-40H,1,3-9,19-20,27-30H2,2H3/q+1/b36-35-. The molecule has 0 aromatic heterocycles. The summed E-state index contributed by atoms with van der Waals surface area (Å²) in [4.78, 5) is 24.8. The van der Waals surface area contributed by atoms with Crippen molar-refractivity contribution in [2.24, 2.45) is 0 Å². The lowest BCUT2D eigenvalue weighted by molar-refractivity contribution is -0.117. The number of ketones is 2. The highest BCUT2D eigenvalue weighted by Crippen LogP contribution is 2.56. The van der Waals surface area contributed by atoms with Crippen LogP contribution in [0.5, 0.6) is 0 Å². The first kappa shape index (κ1) is 34.3. The van der Waals surface area contributed by atoms with Gasteiger partial charge in [0.15, 0.2) is 11.6 Å². The van der Waals surface area contributed by atoms with Crippen LogP contribution in [0.25, 0.3) is 0 Å². The van der Waals surface area contributed by atoms with Gasteiger partial charge in [-0.05, 0) is 68.2 Å². The monoisotopic (exact) mass is 599 g/mol. The van der Waals surface area contributed by atoms with Crippen molar-refractivity contribution in [2.75, 3.05) is 19.4 Å². The number of rotatable bonds is 20. The zero-order valence-electron chi connectivity index (χ0n) is 25.7. The normalized spacial score (nSPS) is 12.1. The summed E-state index contributed by atoms with van der Waals surface area (Å²) in [5, 5.41) is 23.5. The molecule has 4 nitrogen and oxygen atoms in total. The van der Waals surface area contributed by atoms with E-state index in [2.05, 4.69) is 97.6 Å². The second kappa shape index (κ2) is 18.5. The molecule has 3 aromatic rings. The van der Waals surface area contributed by atoms with Crippen molar-refractivity contribution >= 4 is 34.7 Å². The minimum absolute atomic E-state index is 0.0220. The Morgan fingerprint density at radius 2 is 0.953 bits per heavy atom. The molecule has 0 heterocycles. The van der Waals surface area contributed by atoms with Gasteiger partial charge in [-0.15, -0.1) is 0 Å². The smallest absolute Gasteiger partial charge is 0.186 e. The summed E-state index contributed by atoms with van der Waals surface area (Å²) in [5.41, 5.74) is 0.233. The first-order chi connectivity index (χ1) is 21.0. The first-order valence-electron chi connectivity index (χ1n) is 15.7. The Kier molecular flexibility index (Phi) is 14.8. The van der Waals surface area contributed by atoms with E-state index >= 15 is 0 Å². The number of carbonyl (C=O) groups is 2. The molecule has 228 valence electrons. The molecule has 0 unspecified atom stereocenters. The van der Waals surface area contributed by atoms with E-state index in [4.69, 9.17) is 0 Å². The molecule has 0 radical (unpaired) electrons. The number of benzene rings is 3. The van der Waals surface area contributed by atoms with Gasteiger partial charge < -0.3 is 10.2 Å². The van der Waals surface area contributed by atoms with Crippen LogP contribution in [0.15, 0.2) is 114 Å². The summed E-state index contributed by atoms with van der Waals surface area (Å²) < 4.78 is 0. The number of aliphatic hydroxyl groups excluding tert-OH is 2. The largest absolute Gasteiger partial charge is 0.392 e. The molecule has 0 spiro atoms. The van der Waals surface area contributed by atoms with Gasteiger partial charge in [0.2, 0.25) is 0 Å². The van der Waals surface area contributed by atoms with E-state index < -0.39 is 26.3 Å². The van der Waals surface area contributed by atoms with Crippen molar-refractivity contribution in [2.45, 2.75) is 71.1 Å². The van der Waals surface area contributed by atoms with Crippen LogP contribution in [0.1, 0.15) is 71.1 Å². The van der Waals surface area contributed by atoms with Crippen LogP contribution in [0, 0.1) is 0 Å². The number of hydrogen-bond acceptors (Lipinski definition) is 4. The van der Waals surface area contributed by atoms with Crippen molar-refractivity contribution in [3.05, 3.63) is 114 Å². The maximum absolute atomic E-state index is 12.6. The maximum Gasteiger partial charge on any atom is 0.186 e. The second-order valence-electron chi connectivity index (χ2n) is 11.3. The van der Waals surface area contributed by atoms with Gasteiger partial charge in [-0.2, -0.15) is 0 Å². The zero-order chi connectivity index (χ0) is 30.9. The lowest BCUT2D eigenvalue weighted by Gasteiger charge is -2.27. The van der Waals surface area contributed by atoms with E-state index in [1.807, 2.05) is 0 Å². The van der Waals surface area contributed by atoms with E-state index in [0.717, 1.165) is 19.3 Å². The van der Waals surface area contributed by atoms with Crippen molar-refractivity contribution in [1.82, 2.24) is 0 Å². The second-order valence-corrected chi connectivity index (χ2v) is 14.9. The molecule has 3 rings (SSSR count). The van der Waals surface area contributed by atoms with Gasteiger partial charge in [0, 0.05) is 17.6 Å². The molecule has 43 heavy (non-hydrogen) atoms. The first-order valence-corrected chi connectivity index (χ1v) is 17.6. The average Bonchev–Trinajstić information content (AvgIpc) is 3.05. The van der Waals surface area contributed by atoms with Gasteiger partial charge in [0.1, 0.15) is 23.2 Å². The van der Waals surface area contributed by atoms with Gasteiger partial charge in [0.05, 0.1) is 19.4 Å². The Morgan fingerprint density at radius 1 is 0.581 bits per heavy atom. The maximum atomic E-state index is 12.6. The van der Waals surface area contributed by atoms with Crippen molar-refractivity contribution < 1.29 is 19.8 Å². The number of hydrogen-bond donors (Lipinski definition) is 2. The third kappa shape index (κ3) is 9.66. The van der Waals surface area contributed by atoms with Crippen LogP contribution >= 0.6 is 7.26 Å². The average molecular weight is 600 g/mol.